The molecule has 1 aliphatic rings. The van der Waals surface area contributed by atoms with E-state index in [1.165, 1.54) is 0 Å². The molecular formula is C13H16N2O6S. The first kappa shape index (κ1) is 16.4. The summed E-state index contributed by atoms with van der Waals surface area (Å²) in [5, 5.41) is 3.39. The number of amides is 2. The largest absolute Gasteiger partial charge is 0.342 e. The Balaban J connectivity index is 1.85. The molecule has 8 nitrogen and oxygen atoms in total. The molecule has 1 aromatic rings. The predicted octanol–water partition coefficient (Wildman–Crippen LogP) is -0.278. The molecule has 1 heterocycles. The number of benzene rings is 1. The van der Waals surface area contributed by atoms with Crippen molar-refractivity contribution in [2.75, 3.05) is 5.94 Å². The third kappa shape index (κ3) is 4.03. The number of β-lactam (4-membered cyclic amide) rings is 1. The van der Waals surface area contributed by atoms with E-state index in [1.54, 1.807) is 19.1 Å². The molecule has 1 saturated heterocycles. The number of nitrogens with zero attached hydrogens (tertiary/aromatic N) is 1. The molecule has 2 amide bonds. The Hall–Kier alpha value is -1.97. The number of hydrogen-bond acceptors (Lipinski definition) is 5. The Labute approximate surface area is 127 Å². The molecule has 2 N–H and O–H groups in total. The zero-order valence-corrected chi connectivity index (χ0v) is 12.6. The molecule has 0 radical (unpaired) electrons. The van der Waals surface area contributed by atoms with Crippen molar-refractivity contribution in [3.63, 3.8) is 0 Å². The van der Waals surface area contributed by atoms with E-state index in [1.807, 2.05) is 18.2 Å². The third-order valence-electron chi connectivity index (χ3n) is 3.20. The minimum absolute atomic E-state index is 0.142. The fraction of sp³-hybridized carbons (Fsp3) is 0.385. The highest BCUT2D eigenvalue weighted by Crippen LogP contribution is 2.20. The summed E-state index contributed by atoms with van der Waals surface area (Å²) < 4.78 is 29.7. The molecule has 2 rings (SSSR count). The van der Waals surface area contributed by atoms with Crippen LogP contribution in [-0.4, -0.2) is 47.9 Å². The zero-order chi connectivity index (χ0) is 16.3. The van der Waals surface area contributed by atoms with Crippen molar-refractivity contribution in [1.29, 1.82) is 0 Å². The summed E-state index contributed by atoms with van der Waals surface area (Å²) in [7, 11) is -4.33. The van der Waals surface area contributed by atoms with Gasteiger partial charge in [-0.3, -0.25) is 19.0 Å². The highest BCUT2D eigenvalue weighted by molar-refractivity contribution is 7.85. The van der Waals surface area contributed by atoms with E-state index in [0.717, 1.165) is 10.6 Å². The van der Waals surface area contributed by atoms with Crippen LogP contribution in [0.3, 0.4) is 0 Å². The van der Waals surface area contributed by atoms with E-state index in [9.17, 15) is 18.0 Å². The van der Waals surface area contributed by atoms with Crippen LogP contribution in [0.4, 0.5) is 0 Å². The second kappa shape index (κ2) is 6.42. The van der Waals surface area contributed by atoms with Crippen molar-refractivity contribution < 1.29 is 27.4 Å². The van der Waals surface area contributed by atoms with Gasteiger partial charge in [0.25, 0.3) is 16.0 Å². The first-order chi connectivity index (χ1) is 10.3. The van der Waals surface area contributed by atoms with E-state index in [-0.39, 0.29) is 12.3 Å². The Bertz CT molecular complexity index is 660. The molecule has 1 fully saturated rings. The number of hydrogen-bond donors (Lipinski definition) is 2. The van der Waals surface area contributed by atoms with Crippen LogP contribution in [0.25, 0.3) is 0 Å². The van der Waals surface area contributed by atoms with Crippen LogP contribution in [0.2, 0.25) is 0 Å². The van der Waals surface area contributed by atoms with Gasteiger partial charge >= 0.3 is 0 Å². The van der Waals surface area contributed by atoms with Crippen molar-refractivity contribution in [1.82, 2.24) is 10.4 Å². The molecule has 0 spiro atoms. The Morgan fingerprint density at radius 1 is 1.36 bits per heavy atom. The van der Waals surface area contributed by atoms with Crippen molar-refractivity contribution in [3.8, 4) is 0 Å². The molecule has 22 heavy (non-hydrogen) atoms. The van der Waals surface area contributed by atoms with Crippen molar-refractivity contribution in [2.24, 2.45) is 0 Å². The second-order valence-corrected chi connectivity index (χ2v) is 6.34. The van der Waals surface area contributed by atoms with Crippen molar-refractivity contribution in [2.45, 2.75) is 25.4 Å². The third-order valence-corrected chi connectivity index (χ3v) is 3.60. The maximum atomic E-state index is 11.9. The quantitative estimate of drug-likeness (QED) is 0.548. The molecule has 0 aliphatic carbocycles. The van der Waals surface area contributed by atoms with Crippen LogP contribution in [0, 0.1) is 0 Å². The van der Waals surface area contributed by atoms with Gasteiger partial charge in [-0.25, -0.2) is 5.06 Å². The summed E-state index contributed by atoms with van der Waals surface area (Å²) in [4.78, 5) is 28.4. The molecule has 1 aromatic carbocycles. The molecule has 120 valence electrons. The lowest BCUT2D eigenvalue weighted by atomic mass is 9.99. The van der Waals surface area contributed by atoms with Gasteiger partial charge in [-0.05, 0) is 12.5 Å². The average Bonchev–Trinajstić information content (AvgIpc) is 2.45. The van der Waals surface area contributed by atoms with Gasteiger partial charge in [-0.2, -0.15) is 8.42 Å². The molecule has 0 aromatic heterocycles. The molecule has 1 aliphatic heterocycles. The fourth-order valence-electron chi connectivity index (χ4n) is 2.09. The highest BCUT2D eigenvalue weighted by Gasteiger charge is 2.47. The van der Waals surface area contributed by atoms with Gasteiger partial charge in [0, 0.05) is 0 Å². The van der Waals surface area contributed by atoms with Gasteiger partial charge < -0.3 is 5.32 Å². The summed E-state index contributed by atoms with van der Waals surface area (Å²) in [5.74, 6) is -1.88. The van der Waals surface area contributed by atoms with Crippen LogP contribution in [-0.2, 0) is 31.0 Å². The fourth-order valence-corrected chi connectivity index (χ4v) is 2.34. The minimum atomic E-state index is -4.33. The molecule has 0 unspecified atom stereocenters. The first-order valence-electron chi connectivity index (χ1n) is 6.52. The van der Waals surface area contributed by atoms with E-state index in [4.69, 9.17) is 9.39 Å². The summed E-state index contributed by atoms with van der Waals surface area (Å²) in [5.41, 5.74) is 0.818. The van der Waals surface area contributed by atoms with E-state index in [0.29, 0.717) is 0 Å². The number of carbonyl (C=O) groups excluding carboxylic acids is 2. The zero-order valence-electron chi connectivity index (χ0n) is 11.8. The van der Waals surface area contributed by atoms with Gasteiger partial charge in [-0.1, -0.05) is 30.3 Å². The smallest absolute Gasteiger partial charge is 0.292 e. The molecule has 0 bridgehead atoms. The standard InChI is InChI=1S/C13H16N2O6S/c1-9-12(13(17)15(9)21-8-22(18,19)20)14-11(16)7-10-5-3-2-4-6-10/h2-6,9,12H,7-8H2,1H3,(H,14,16)(H,18,19,20)/t9-,12-/m0/s1. The highest BCUT2D eigenvalue weighted by atomic mass is 32.2. The van der Waals surface area contributed by atoms with E-state index >= 15 is 0 Å². The Morgan fingerprint density at radius 3 is 2.55 bits per heavy atom. The maximum Gasteiger partial charge on any atom is 0.292 e. The monoisotopic (exact) mass is 328 g/mol. The number of rotatable bonds is 6. The van der Waals surface area contributed by atoms with Crippen molar-refractivity contribution in [3.05, 3.63) is 35.9 Å². The molecule has 0 saturated carbocycles. The molecular weight excluding hydrogens is 312 g/mol. The number of carbonyl (C=O) groups is 2. The lowest BCUT2D eigenvalue weighted by molar-refractivity contribution is -0.224. The Morgan fingerprint density at radius 2 is 2.00 bits per heavy atom. The first-order valence-corrected chi connectivity index (χ1v) is 8.13. The normalized spacial score (nSPS) is 21.4. The number of hydroxylamine groups is 2. The topological polar surface area (TPSA) is 113 Å². The summed E-state index contributed by atoms with van der Waals surface area (Å²) in [6.45, 7) is 1.60. The Kier molecular flexibility index (Phi) is 4.79. The summed E-state index contributed by atoms with van der Waals surface area (Å²) in [6.07, 6.45) is 0.142. The lowest BCUT2D eigenvalue weighted by Crippen LogP contribution is -2.69. The van der Waals surface area contributed by atoms with Crippen LogP contribution >= 0.6 is 0 Å². The lowest BCUT2D eigenvalue weighted by Gasteiger charge is -2.43. The van der Waals surface area contributed by atoms with Gasteiger partial charge in [-0.15, -0.1) is 0 Å². The van der Waals surface area contributed by atoms with Gasteiger partial charge in [0.1, 0.15) is 6.04 Å². The minimum Gasteiger partial charge on any atom is -0.342 e. The maximum absolute atomic E-state index is 11.9. The van der Waals surface area contributed by atoms with Crippen LogP contribution in [0.5, 0.6) is 0 Å². The van der Waals surface area contributed by atoms with Crippen LogP contribution in [0.15, 0.2) is 30.3 Å². The second-order valence-electron chi connectivity index (χ2n) is 4.94. The molecule has 2 atom stereocenters. The van der Waals surface area contributed by atoms with Crippen LogP contribution in [0.1, 0.15) is 12.5 Å². The van der Waals surface area contributed by atoms with Gasteiger partial charge in [0.2, 0.25) is 11.8 Å². The van der Waals surface area contributed by atoms with E-state index < -0.39 is 34.0 Å². The average molecular weight is 328 g/mol. The SMILES string of the molecule is C[C@H]1[C@H](NC(=O)Cc2ccccc2)C(=O)N1OCS(=O)(=O)O. The molecule has 9 heteroatoms. The van der Waals surface area contributed by atoms with Crippen LogP contribution < -0.4 is 5.32 Å². The van der Waals surface area contributed by atoms with Gasteiger partial charge in [0.15, 0.2) is 0 Å². The summed E-state index contributed by atoms with van der Waals surface area (Å²) >= 11 is 0. The van der Waals surface area contributed by atoms with Gasteiger partial charge in [0.05, 0.1) is 12.5 Å². The van der Waals surface area contributed by atoms with Crippen molar-refractivity contribution >= 4 is 21.9 Å². The number of nitrogens with one attached hydrogen (secondary N) is 1. The predicted molar refractivity (Wildman–Crippen MR) is 75.9 cm³/mol. The van der Waals surface area contributed by atoms with E-state index in [2.05, 4.69) is 5.32 Å². The summed E-state index contributed by atoms with van der Waals surface area (Å²) in [6, 6.07) is 7.77.